The summed E-state index contributed by atoms with van der Waals surface area (Å²) >= 11 is 0. The Kier molecular flexibility index (Phi) is 34.5. The minimum Gasteiger partial charge on any atom is -0.368 e. The van der Waals surface area contributed by atoms with Gasteiger partial charge in [0.2, 0.25) is 59.1 Å². The summed E-state index contributed by atoms with van der Waals surface area (Å²) in [6, 6.07) is -2.87. The van der Waals surface area contributed by atoms with Crippen LogP contribution in [0, 0.1) is 17.8 Å². The Morgan fingerprint density at radius 1 is 0.405 bits per heavy atom. The van der Waals surface area contributed by atoms with Gasteiger partial charge in [0.1, 0.15) is 0 Å². The third-order valence-electron chi connectivity index (χ3n) is 11.5. The lowest BCUT2D eigenvalue weighted by atomic mass is 10.0. The van der Waals surface area contributed by atoms with E-state index in [0.717, 1.165) is 0 Å². The molecule has 0 saturated heterocycles. The second kappa shape index (κ2) is 37.3. The maximum Gasteiger partial charge on any atom is 0.239 e. The maximum atomic E-state index is 14.1. The first-order chi connectivity index (χ1) is 34.6. The molecule has 5 atom stereocenters. The highest BCUT2D eigenvalue weighted by atomic mass is 16.2. The van der Waals surface area contributed by atoms with Crippen molar-refractivity contribution in [2.24, 2.45) is 46.4 Å². The SMILES string of the molecule is CC(=O)N(CC(=O)N[C@@H](C)CN(CC(=O)N[C@@H](CC(C)C)CN(CC(=O)NC(CC(C)C)CN(CC(=O)NC(CC(C)C)CN(CC(N)=O)C(=O)CCCN)C(=O)CCCN)C(=O)CCCN)C(C)=O)C[C@H](C)N. The van der Waals surface area contributed by atoms with Gasteiger partial charge in [-0.1, -0.05) is 41.5 Å². The molecule has 0 aliphatic rings. The van der Waals surface area contributed by atoms with Crippen molar-refractivity contribution in [3.05, 3.63) is 0 Å². The van der Waals surface area contributed by atoms with Crippen LogP contribution >= 0.6 is 0 Å². The number of carbonyl (C=O) groups excluding carboxylic acids is 10. The third kappa shape index (κ3) is 32.0. The van der Waals surface area contributed by atoms with Gasteiger partial charge in [-0.2, -0.15) is 0 Å². The molecule has 0 rings (SSSR count). The van der Waals surface area contributed by atoms with Crippen molar-refractivity contribution < 1.29 is 47.9 Å². The number of hydrogen-bond acceptors (Lipinski definition) is 14. The van der Waals surface area contributed by atoms with E-state index >= 15 is 0 Å². The van der Waals surface area contributed by atoms with Gasteiger partial charge in [0.15, 0.2) is 0 Å². The van der Waals surface area contributed by atoms with Crippen LogP contribution in [0.25, 0.3) is 0 Å². The molecule has 0 saturated carbocycles. The normalized spacial score (nSPS) is 13.3. The standard InChI is InChI=1S/C50H96N14O10/c1-33(2)20-40(25-62(28-43(55)67)48(72)14-11-17-51)58-46(70)31-64(50(74)16-13-19-53)27-42(22-35(5)6)59-47(71)32-63(49(73)15-12-18-52)26-41(21-34(3)4)57-45(69)30-61(39(10)66)24-37(8)56-44(68)29-60(38(9)65)23-36(7)54/h33-37,40-42H,11-32,51-54H2,1-10H3,(H2,55,67)(H,56,68)(H,57,69)(H,58,70)(H,59,71)/t36-,37-,40?,41-,42?/m0/s1. The van der Waals surface area contributed by atoms with Crippen LogP contribution in [0.2, 0.25) is 0 Å². The van der Waals surface area contributed by atoms with E-state index in [0.29, 0.717) is 38.5 Å². The zero-order valence-electron chi connectivity index (χ0n) is 46.4. The van der Waals surface area contributed by atoms with Crippen LogP contribution in [0.15, 0.2) is 0 Å². The number of rotatable bonds is 39. The molecule has 0 bridgehead atoms. The molecule has 24 nitrogen and oxygen atoms in total. The zero-order valence-corrected chi connectivity index (χ0v) is 46.4. The highest BCUT2D eigenvalue weighted by Gasteiger charge is 2.30. The second-order valence-electron chi connectivity index (χ2n) is 20.9. The van der Waals surface area contributed by atoms with Crippen molar-refractivity contribution in [1.29, 1.82) is 0 Å². The van der Waals surface area contributed by atoms with Gasteiger partial charge in [-0.25, -0.2) is 0 Å². The molecule has 0 aromatic carbocycles. The van der Waals surface area contributed by atoms with E-state index in [1.165, 1.54) is 38.3 Å². The average molecular weight is 1050 g/mol. The first kappa shape index (κ1) is 68.5. The van der Waals surface area contributed by atoms with Gasteiger partial charge in [0, 0.05) is 96.0 Å². The highest BCUT2D eigenvalue weighted by molar-refractivity contribution is 5.88. The Morgan fingerprint density at radius 2 is 0.689 bits per heavy atom. The average Bonchev–Trinajstić information content (AvgIpc) is 3.26. The predicted octanol–water partition coefficient (Wildman–Crippen LogP) is -1.68. The molecule has 2 unspecified atom stereocenters. The quantitative estimate of drug-likeness (QED) is 0.0332. The lowest BCUT2D eigenvalue weighted by Crippen LogP contribution is -2.55. The van der Waals surface area contributed by atoms with Crippen LogP contribution in [0.3, 0.4) is 0 Å². The molecule has 0 aromatic rings. The van der Waals surface area contributed by atoms with Gasteiger partial charge in [-0.05, 0) is 89.8 Å². The molecular weight excluding hydrogens is 957 g/mol. The fraction of sp³-hybridized carbons (Fsp3) is 0.800. The van der Waals surface area contributed by atoms with Gasteiger partial charge in [-0.3, -0.25) is 47.9 Å². The Bertz CT molecular complexity index is 1780. The topological polar surface area (TPSA) is 365 Å². The summed E-state index contributed by atoms with van der Waals surface area (Å²) < 4.78 is 0. The van der Waals surface area contributed by atoms with E-state index in [9.17, 15) is 47.9 Å². The van der Waals surface area contributed by atoms with E-state index in [4.69, 9.17) is 28.7 Å². The number of nitrogens with one attached hydrogen (secondary N) is 4. The van der Waals surface area contributed by atoms with Crippen LogP contribution in [-0.4, -0.2) is 199 Å². The number of nitrogens with two attached hydrogens (primary N) is 5. The lowest BCUT2D eigenvalue weighted by molar-refractivity contribution is -0.139. The Balaban J connectivity index is 6.49. The summed E-state index contributed by atoms with van der Waals surface area (Å²) in [7, 11) is 0. The van der Waals surface area contributed by atoms with Gasteiger partial charge in [-0.15, -0.1) is 0 Å². The maximum absolute atomic E-state index is 14.1. The lowest BCUT2D eigenvalue weighted by Gasteiger charge is -2.32. The summed E-state index contributed by atoms with van der Waals surface area (Å²) in [5.41, 5.74) is 28.5. The van der Waals surface area contributed by atoms with Crippen LogP contribution in [-0.2, 0) is 47.9 Å². The van der Waals surface area contributed by atoms with Gasteiger partial charge >= 0.3 is 0 Å². The molecule has 426 valence electrons. The molecule has 24 heteroatoms. The van der Waals surface area contributed by atoms with Crippen molar-refractivity contribution in [1.82, 2.24) is 45.8 Å². The fourth-order valence-electron chi connectivity index (χ4n) is 8.39. The van der Waals surface area contributed by atoms with Crippen LogP contribution in [0.4, 0.5) is 0 Å². The summed E-state index contributed by atoms with van der Waals surface area (Å²) in [6.45, 7) is 16.7. The minimum atomic E-state index is -0.712. The minimum absolute atomic E-state index is 0.00263. The van der Waals surface area contributed by atoms with Crippen molar-refractivity contribution in [2.75, 3.05) is 85.1 Å². The summed E-state index contributed by atoms with van der Waals surface area (Å²) in [6.07, 6.45) is 2.47. The number of nitrogens with zero attached hydrogens (tertiary/aromatic N) is 5. The first-order valence-corrected chi connectivity index (χ1v) is 26.3. The van der Waals surface area contributed by atoms with Crippen molar-refractivity contribution in [2.45, 2.75) is 157 Å². The highest BCUT2D eigenvalue weighted by Crippen LogP contribution is 2.13. The molecule has 0 aliphatic heterocycles. The molecule has 0 fully saturated rings. The van der Waals surface area contributed by atoms with Crippen LogP contribution < -0.4 is 49.9 Å². The van der Waals surface area contributed by atoms with Gasteiger partial charge in [0.05, 0.1) is 32.7 Å². The van der Waals surface area contributed by atoms with Crippen molar-refractivity contribution in [3.63, 3.8) is 0 Å². The molecule has 0 aliphatic carbocycles. The molecule has 0 heterocycles. The largest absolute Gasteiger partial charge is 0.368 e. The molecule has 14 N–H and O–H groups in total. The molecule has 74 heavy (non-hydrogen) atoms. The van der Waals surface area contributed by atoms with E-state index in [2.05, 4.69) is 21.3 Å². The first-order valence-electron chi connectivity index (χ1n) is 26.3. The Morgan fingerprint density at radius 3 is 0.959 bits per heavy atom. The van der Waals surface area contributed by atoms with Crippen LogP contribution in [0.1, 0.15) is 127 Å². The van der Waals surface area contributed by atoms with Crippen molar-refractivity contribution >= 4 is 59.1 Å². The monoisotopic (exact) mass is 1050 g/mol. The molecular formula is C50H96N14O10. The molecule has 10 amide bonds. The molecule has 0 spiro atoms. The number of amides is 10. The van der Waals surface area contributed by atoms with Gasteiger partial charge < -0.3 is 74.4 Å². The third-order valence-corrected chi connectivity index (χ3v) is 11.5. The smallest absolute Gasteiger partial charge is 0.239 e. The number of carbonyl (C=O) groups is 10. The fourth-order valence-corrected chi connectivity index (χ4v) is 8.39. The van der Waals surface area contributed by atoms with E-state index in [1.54, 1.807) is 13.8 Å². The second-order valence-corrected chi connectivity index (χ2v) is 20.9. The summed E-state index contributed by atoms with van der Waals surface area (Å²) in [4.78, 5) is 138. The zero-order chi connectivity index (χ0) is 56.7. The molecule has 0 aromatic heterocycles. The summed E-state index contributed by atoms with van der Waals surface area (Å²) in [5, 5.41) is 11.7. The van der Waals surface area contributed by atoms with Gasteiger partial charge in [0.25, 0.3) is 0 Å². The number of hydrogen-bond donors (Lipinski definition) is 9. The van der Waals surface area contributed by atoms with Crippen molar-refractivity contribution in [3.8, 4) is 0 Å². The van der Waals surface area contributed by atoms with Crippen LogP contribution in [0.5, 0.6) is 0 Å². The Labute approximate surface area is 440 Å². The Hall–Kier alpha value is -5.46. The molecule has 0 radical (unpaired) electrons. The van der Waals surface area contributed by atoms with E-state index < -0.39 is 66.2 Å². The summed E-state index contributed by atoms with van der Waals surface area (Å²) in [5.74, 6) is -4.48. The number of primary amides is 1. The van der Waals surface area contributed by atoms with E-state index in [-0.39, 0.29) is 145 Å². The predicted molar refractivity (Wildman–Crippen MR) is 284 cm³/mol. The van der Waals surface area contributed by atoms with E-state index in [1.807, 2.05) is 41.5 Å².